The smallest absolute Gasteiger partial charge is 0.351 e. The van der Waals surface area contributed by atoms with E-state index in [1.54, 1.807) is 0 Å². The number of esters is 2. The average Bonchev–Trinajstić information content (AvgIpc) is 3.05. The summed E-state index contributed by atoms with van der Waals surface area (Å²) in [5, 5.41) is 14.2. The van der Waals surface area contributed by atoms with E-state index in [-0.39, 0.29) is 4.57 Å². The van der Waals surface area contributed by atoms with Crippen LogP contribution in [0.5, 0.6) is 0 Å². The van der Waals surface area contributed by atoms with Crippen molar-refractivity contribution < 1.29 is 55.6 Å². The number of nitrogens with one attached hydrogen (secondary N) is 2. The molecule has 1 fully saturated rings. The molecule has 1 aliphatic rings. The molecule has 0 saturated carbocycles. The number of halogens is 5. The van der Waals surface area contributed by atoms with E-state index in [1.807, 2.05) is 0 Å². The van der Waals surface area contributed by atoms with E-state index in [0.717, 1.165) is 13.8 Å². The van der Waals surface area contributed by atoms with Gasteiger partial charge in [-0.25, -0.2) is 23.7 Å². The summed E-state index contributed by atoms with van der Waals surface area (Å²) in [6.07, 6.45) is -10.3. The fourth-order valence-corrected chi connectivity index (χ4v) is 5.58. The minimum atomic E-state index is -4.90. The van der Waals surface area contributed by atoms with Crippen LogP contribution in [0.2, 0.25) is 5.02 Å². The number of hydrogen-bond acceptors (Lipinski definition) is 11. The number of nitrogens with zero attached hydrogens (tertiary/aromatic N) is 2. The maximum atomic E-state index is 15.4. The van der Waals surface area contributed by atoms with Gasteiger partial charge in [-0.05, 0) is 41.5 Å². The van der Waals surface area contributed by atoms with Crippen LogP contribution in [0, 0.1) is 0 Å². The zero-order chi connectivity index (χ0) is 32.4. The van der Waals surface area contributed by atoms with E-state index >= 15 is 8.78 Å². The highest BCUT2D eigenvalue weighted by molar-refractivity contribution is 7.54. The highest BCUT2D eigenvalue weighted by Crippen LogP contribution is 2.53. The maximum absolute atomic E-state index is 15.4. The summed E-state index contributed by atoms with van der Waals surface area (Å²) in [5.74, 6) is -7.33. The molecule has 1 saturated heterocycles. The third-order valence-electron chi connectivity index (χ3n) is 5.70. The molecule has 5 atom stereocenters. The number of alkyl halides is 4. The van der Waals surface area contributed by atoms with Crippen LogP contribution in [0.4, 0.5) is 23.4 Å². The second-order valence-electron chi connectivity index (χ2n) is 9.93. The van der Waals surface area contributed by atoms with Crippen molar-refractivity contribution in [3.8, 4) is 0 Å². The van der Waals surface area contributed by atoms with E-state index in [9.17, 15) is 32.8 Å². The molecule has 1 aromatic rings. The van der Waals surface area contributed by atoms with Gasteiger partial charge in [0, 0.05) is 6.20 Å². The van der Waals surface area contributed by atoms with Gasteiger partial charge < -0.3 is 29.6 Å². The SMILES string of the molecule is CC(C)OC(=O)[C@H](C)NP(=O)(N[C@@H](C)C(=O)OC(C)C)OC[C@@]1(C(F)F)O[C@@H](n2cc(Cl)c(N)nc2=O)[C@H](O)C1(F)F. The van der Waals surface area contributed by atoms with Crippen molar-refractivity contribution in [2.45, 2.75) is 96.1 Å². The Kier molecular flexibility index (Phi) is 11.5. The molecule has 0 unspecified atom stereocenters. The number of rotatable bonds is 13. The normalized spacial score (nSPS) is 23.8. The number of aliphatic hydroxyl groups is 1. The Morgan fingerprint density at radius 1 is 1.14 bits per heavy atom. The minimum absolute atomic E-state index is 0.228. The van der Waals surface area contributed by atoms with Gasteiger partial charge in [0.1, 0.15) is 17.9 Å². The number of aliphatic hydroxyl groups excluding tert-OH is 1. The topological polar surface area (TPSA) is 193 Å². The average molecular weight is 654 g/mol. The first-order valence-electron chi connectivity index (χ1n) is 12.4. The first kappa shape index (κ1) is 35.9. The third kappa shape index (κ3) is 7.78. The summed E-state index contributed by atoms with van der Waals surface area (Å²) < 4.78 is 93.5. The standard InChI is InChI=1S/C22H33ClF4N5O9P/c1-9(2)39-17(34)11(5)30-42(37,31-12(6)18(35)40-10(3)4)38-8-21(19(24)25)22(26,27)14(33)16(41-21)32-7-13(23)15(28)29-20(32)36/h7,9-12,14,16,19,33H,8H2,1-6H3,(H2,28,29,36)(H2,30,31,37)/t11-,12-,14-,16+,21-/m0/s1. The molecule has 1 aromatic heterocycles. The molecule has 2 rings (SSSR count). The fraction of sp³-hybridized carbons (Fsp3) is 0.727. The van der Waals surface area contributed by atoms with E-state index in [2.05, 4.69) is 15.2 Å². The maximum Gasteiger partial charge on any atom is 0.351 e. The lowest BCUT2D eigenvalue weighted by atomic mass is 9.95. The van der Waals surface area contributed by atoms with Crippen LogP contribution < -0.4 is 21.6 Å². The number of carbonyl (C=O) groups is 2. The van der Waals surface area contributed by atoms with Crippen LogP contribution in [0.15, 0.2) is 11.0 Å². The Bertz CT molecular complexity index is 1220. The molecule has 1 aliphatic heterocycles. The highest BCUT2D eigenvalue weighted by Gasteiger charge is 2.74. The molecule has 0 radical (unpaired) electrons. The number of carbonyl (C=O) groups excluding carboxylic acids is 2. The quantitative estimate of drug-likeness (QED) is 0.137. The number of aromatic nitrogens is 2. The molecule has 240 valence electrons. The Labute approximate surface area is 242 Å². The molecule has 0 aromatic carbocycles. The number of nitrogens with two attached hydrogens (primary N) is 1. The Hall–Kier alpha value is -2.34. The summed E-state index contributed by atoms with van der Waals surface area (Å²) in [7, 11) is -4.90. The molecule has 0 bridgehead atoms. The second-order valence-corrected chi connectivity index (χ2v) is 12.2. The molecule has 14 nitrogen and oxygen atoms in total. The molecule has 5 N–H and O–H groups in total. The predicted molar refractivity (Wildman–Crippen MR) is 139 cm³/mol. The molecular weight excluding hydrogens is 621 g/mol. The number of hydrogen-bond donors (Lipinski definition) is 4. The van der Waals surface area contributed by atoms with Crippen molar-refractivity contribution in [3.05, 3.63) is 21.7 Å². The Morgan fingerprint density at radius 3 is 2.05 bits per heavy atom. The first-order chi connectivity index (χ1) is 19.2. The van der Waals surface area contributed by atoms with Crippen molar-refractivity contribution in [3.63, 3.8) is 0 Å². The van der Waals surface area contributed by atoms with Crippen molar-refractivity contribution >= 4 is 37.0 Å². The number of ether oxygens (including phenoxy) is 3. The first-order valence-corrected chi connectivity index (χ1v) is 14.4. The van der Waals surface area contributed by atoms with Crippen LogP contribution in [-0.4, -0.2) is 81.5 Å². The summed E-state index contributed by atoms with van der Waals surface area (Å²) in [5.41, 5.74) is -0.000376. The van der Waals surface area contributed by atoms with Crippen LogP contribution in [0.1, 0.15) is 47.8 Å². The molecule has 20 heteroatoms. The van der Waals surface area contributed by atoms with Gasteiger partial charge >= 0.3 is 31.2 Å². The molecule has 2 heterocycles. The molecule has 0 aliphatic carbocycles. The number of anilines is 1. The van der Waals surface area contributed by atoms with Crippen LogP contribution in [0.25, 0.3) is 0 Å². The highest BCUT2D eigenvalue weighted by atomic mass is 35.5. The summed E-state index contributed by atoms with van der Waals surface area (Å²) in [6.45, 7) is 6.42. The third-order valence-corrected chi connectivity index (χ3v) is 7.93. The second kappa shape index (κ2) is 13.5. The molecule has 42 heavy (non-hydrogen) atoms. The summed E-state index contributed by atoms with van der Waals surface area (Å²) in [4.78, 5) is 40.2. The van der Waals surface area contributed by atoms with Gasteiger partial charge in [-0.3, -0.25) is 18.7 Å². The monoisotopic (exact) mass is 653 g/mol. The lowest BCUT2D eigenvalue weighted by Crippen LogP contribution is -2.58. The lowest BCUT2D eigenvalue weighted by molar-refractivity contribution is -0.241. The fourth-order valence-electron chi connectivity index (χ4n) is 3.61. The van der Waals surface area contributed by atoms with E-state index in [0.29, 0.717) is 6.20 Å². The van der Waals surface area contributed by atoms with E-state index in [1.165, 1.54) is 27.7 Å². The zero-order valence-electron chi connectivity index (χ0n) is 23.3. The lowest BCUT2D eigenvalue weighted by Gasteiger charge is -2.35. The van der Waals surface area contributed by atoms with Gasteiger partial charge in [0.05, 0.1) is 23.8 Å². The van der Waals surface area contributed by atoms with Gasteiger partial charge in [-0.15, -0.1) is 0 Å². The predicted octanol–water partition coefficient (Wildman–Crippen LogP) is 1.99. The summed E-state index contributed by atoms with van der Waals surface area (Å²) >= 11 is 5.77. The molecule has 0 spiro atoms. The Morgan fingerprint density at radius 2 is 1.62 bits per heavy atom. The van der Waals surface area contributed by atoms with Gasteiger partial charge in [0.25, 0.3) is 6.43 Å². The van der Waals surface area contributed by atoms with Gasteiger partial charge in [0.15, 0.2) is 12.3 Å². The molecule has 0 amide bonds. The van der Waals surface area contributed by atoms with E-state index < -0.39 is 97.3 Å². The van der Waals surface area contributed by atoms with Crippen molar-refractivity contribution in [1.29, 1.82) is 0 Å². The largest absolute Gasteiger partial charge is 0.462 e. The van der Waals surface area contributed by atoms with Crippen LogP contribution in [-0.2, 0) is 32.9 Å². The van der Waals surface area contributed by atoms with E-state index in [4.69, 9.17) is 36.1 Å². The van der Waals surface area contributed by atoms with Crippen molar-refractivity contribution in [1.82, 2.24) is 19.7 Å². The molecular formula is C22H33ClF4N5O9P. The minimum Gasteiger partial charge on any atom is -0.462 e. The Balaban J connectivity index is 2.48. The van der Waals surface area contributed by atoms with Gasteiger partial charge in [-0.2, -0.15) is 13.8 Å². The van der Waals surface area contributed by atoms with Gasteiger partial charge in [-0.1, -0.05) is 11.6 Å². The van der Waals surface area contributed by atoms with Gasteiger partial charge in [0.2, 0.25) is 5.60 Å². The zero-order valence-corrected chi connectivity index (χ0v) is 25.0. The van der Waals surface area contributed by atoms with Crippen molar-refractivity contribution in [2.75, 3.05) is 12.3 Å². The number of nitrogen functional groups attached to an aromatic ring is 1. The summed E-state index contributed by atoms with van der Waals surface area (Å²) in [6, 6.07) is -2.96. The van der Waals surface area contributed by atoms with Crippen LogP contribution in [0.3, 0.4) is 0 Å². The van der Waals surface area contributed by atoms with Crippen LogP contribution >= 0.6 is 19.3 Å². The van der Waals surface area contributed by atoms with Crippen molar-refractivity contribution in [2.24, 2.45) is 0 Å².